The Morgan fingerprint density at radius 3 is 2.48 bits per heavy atom. The fourth-order valence-electron chi connectivity index (χ4n) is 1.98. The quantitative estimate of drug-likeness (QED) is 0.722. The van der Waals surface area contributed by atoms with Crippen LogP contribution in [0.3, 0.4) is 0 Å². The van der Waals surface area contributed by atoms with Crippen LogP contribution in [0.2, 0.25) is 0 Å². The first kappa shape index (κ1) is 18.7. The number of hydrogen-bond donors (Lipinski definition) is 2. The molecule has 2 rings (SSSR count). The third-order valence-corrected chi connectivity index (χ3v) is 3.06. The predicted molar refractivity (Wildman–Crippen MR) is 86.6 cm³/mol. The van der Waals surface area contributed by atoms with Gasteiger partial charge in [0.05, 0.1) is 0 Å². The highest BCUT2D eigenvalue weighted by atomic mass is 35.5. The Morgan fingerprint density at radius 2 is 1.96 bits per heavy atom. The topological polar surface area (TPSA) is 105 Å². The van der Waals surface area contributed by atoms with Crippen molar-refractivity contribution in [3.63, 3.8) is 0 Å². The van der Waals surface area contributed by atoms with E-state index in [4.69, 9.17) is 10.5 Å². The van der Waals surface area contributed by atoms with Crippen molar-refractivity contribution in [1.29, 1.82) is 0 Å². The molecule has 3 N–H and O–H groups in total. The number of hydrogen-bond acceptors (Lipinski definition) is 5. The number of nitrogens with one attached hydrogen (secondary N) is 1. The summed E-state index contributed by atoms with van der Waals surface area (Å²) in [5.74, 6) is -0.171. The number of nitrogens with two attached hydrogens (primary N) is 1. The van der Waals surface area contributed by atoms with Crippen molar-refractivity contribution in [2.24, 2.45) is 5.73 Å². The molecule has 0 unspecified atom stereocenters. The lowest BCUT2D eigenvalue weighted by Crippen LogP contribution is -2.38. The van der Waals surface area contributed by atoms with E-state index in [1.54, 1.807) is 24.3 Å². The van der Waals surface area contributed by atoms with Crippen LogP contribution < -0.4 is 15.8 Å². The molecule has 0 bridgehead atoms. The van der Waals surface area contributed by atoms with E-state index in [2.05, 4.69) is 5.32 Å². The number of ether oxygens (including phenoxy) is 1. The summed E-state index contributed by atoms with van der Waals surface area (Å²) in [6, 6.07) is 6.27. The smallest absolute Gasteiger partial charge is 0.327 e. The van der Waals surface area contributed by atoms with Gasteiger partial charge < -0.3 is 20.7 Å². The van der Waals surface area contributed by atoms with Gasteiger partial charge in [-0.3, -0.25) is 14.5 Å². The first-order valence-electron chi connectivity index (χ1n) is 6.79. The first-order valence-corrected chi connectivity index (χ1v) is 6.79. The van der Waals surface area contributed by atoms with Gasteiger partial charge in [-0.15, -0.1) is 12.4 Å². The molecule has 1 fully saturated rings. The lowest BCUT2D eigenvalue weighted by molar-refractivity contribution is -0.129. The van der Waals surface area contributed by atoms with E-state index in [0.29, 0.717) is 24.6 Å². The van der Waals surface area contributed by atoms with Crippen LogP contribution in [0.25, 0.3) is 0 Å². The number of carbonyl (C=O) groups is 3. The molecule has 0 saturated carbocycles. The average Bonchev–Trinajstić information content (AvgIpc) is 2.73. The molecule has 1 aliphatic rings. The van der Waals surface area contributed by atoms with Crippen LogP contribution in [0.5, 0.6) is 5.75 Å². The second-order valence-electron chi connectivity index (χ2n) is 4.83. The molecular formula is C14H19ClN4O4. The van der Waals surface area contributed by atoms with Crippen LogP contribution in [0.1, 0.15) is 0 Å². The van der Waals surface area contributed by atoms with Gasteiger partial charge in [-0.05, 0) is 24.3 Å². The van der Waals surface area contributed by atoms with E-state index >= 15 is 0 Å². The minimum absolute atomic E-state index is 0. The fraction of sp³-hybridized carbons (Fsp3) is 0.357. The van der Waals surface area contributed by atoms with Crippen molar-refractivity contribution in [2.75, 3.05) is 38.6 Å². The van der Waals surface area contributed by atoms with Gasteiger partial charge in [-0.2, -0.15) is 0 Å². The van der Waals surface area contributed by atoms with Gasteiger partial charge in [0.2, 0.25) is 5.91 Å². The number of imide groups is 1. The van der Waals surface area contributed by atoms with Crippen LogP contribution in [0, 0.1) is 0 Å². The van der Waals surface area contributed by atoms with Crippen LogP contribution in [0.15, 0.2) is 24.3 Å². The van der Waals surface area contributed by atoms with E-state index in [1.807, 2.05) is 0 Å². The van der Waals surface area contributed by atoms with Gasteiger partial charge in [0, 0.05) is 19.3 Å². The highest BCUT2D eigenvalue weighted by molar-refractivity contribution is 6.06. The number of halogens is 1. The Labute approximate surface area is 140 Å². The van der Waals surface area contributed by atoms with Gasteiger partial charge in [0.15, 0.2) is 0 Å². The number of anilines is 1. The summed E-state index contributed by atoms with van der Waals surface area (Å²) in [5.41, 5.74) is 5.89. The van der Waals surface area contributed by atoms with Gasteiger partial charge in [0.1, 0.15) is 25.4 Å². The second-order valence-corrected chi connectivity index (χ2v) is 4.83. The summed E-state index contributed by atoms with van der Waals surface area (Å²) in [4.78, 5) is 37.3. The Hall–Kier alpha value is -2.32. The monoisotopic (exact) mass is 342 g/mol. The van der Waals surface area contributed by atoms with Crippen LogP contribution in [0.4, 0.5) is 10.5 Å². The molecule has 126 valence electrons. The average molecular weight is 343 g/mol. The standard InChI is InChI=1S/C14H18N4O4.ClH/c1-17-9-13(20)18(14(17)21)8-12(19)16-10-2-4-11(5-3-10)22-7-6-15;/h2-5H,6-9,15H2,1H3,(H,16,19);1H. The van der Waals surface area contributed by atoms with Gasteiger partial charge in [-0.25, -0.2) is 4.79 Å². The zero-order chi connectivity index (χ0) is 16.1. The number of benzene rings is 1. The number of amides is 4. The molecule has 9 heteroatoms. The molecule has 0 spiro atoms. The lowest BCUT2D eigenvalue weighted by Gasteiger charge is -2.14. The normalized spacial score (nSPS) is 13.8. The summed E-state index contributed by atoms with van der Waals surface area (Å²) in [5, 5.41) is 2.62. The molecule has 1 aromatic carbocycles. The summed E-state index contributed by atoms with van der Waals surface area (Å²) >= 11 is 0. The zero-order valence-electron chi connectivity index (χ0n) is 12.7. The molecule has 1 saturated heterocycles. The molecule has 1 aromatic rings. The highest BCUT2D eigenvalue weighted by Gasteiger charge is 2.34. The maximum Gasteiger partial charge on any atom is 0.327 e. The van der Waals surface area contributed by atoms with Crippen LogP contribution in [-0.4, -0.2) is 60.9 Å². The Morgan fingerprint density at radius 1 is 1.30 bits per heavy atom. The van der Waals surface area contributed by atoms with E-state index in [0.717, 1.165) is 4.90 Å². The molecule has 0 atom stereocenters. The van der Waals surface area contributed by atoms with E-state index < -0.39 is 11.9 Å². The van der Waals surface area contributed by atoms with Gasteiger partial charge >= 0.3 is 6.03 Å². The maximum atomic E-state index is 11.9. The molecule has 8 nitrogen and oxygen atoms in total. The molecule has 1 aliphatic heterocycles. The number of rotatable bonds is 6. The molecule has 23 heavy (non-hydrogen) atoms. The van der Waals surface area contributed by atoms with Crippen molar-refractivity contribution >= 4 is 35.9 Å². The predicted octanol–water partition coefficient (Wildman–Crippen LogP) is 0.278. The first-order chi connectivity index (χ1) is 10.5. The third kappa shape index (κ3) is 4.83. The van der Waals surface area contributed by atoms with Crippen LogP contribution >= 0.6 is 12.4 Å². The number of urea groups is 1. The Balaban J connectivity index is 0.00000264. The Kier molecular flexibility index (Phi) is 6.80. The second kappa shape index (κ2) is 8.35. The largest absolute Gasteiger partial charge is 0.492 e. The number of nitrogens with zero attached hydrogens (tertiary/aromatic N) is 2. The molecule has 0 aromatic heterocycles. The summed E-state index contributed by atoms with van der Waals surface area (Å²) in [6.45, 7) is 0.538. The molecule has 1 heterocycles. The van der Waals surface area contributed by atoms with Crippen molar-refractivity contribution in [3.8, 4) is 5.75 Å². The summed E-state index contributed by atoms with van der Waals surface area (Å²) < 4.78 is 5.32. The highest BCUT2D eigenvalue weighted by Crippen LogP contribution is 2.16. The maximum absolute atomic E-state index is 11.9. The minimum Gasteiger partial charge on any atom is -0.492 e. The SMILES string of the molecule is CN1CC(=O)N(CC(=O)Nc2ccc(OCCN)cc2)C1=O.Cl. The van der Waals surface area contributed by atoms with Crippen molar-refractivity contribution in [1.82, 2.24) is 9.80 Å². The minimum atomic E-state index is -0.467. The molecular weight excluding hydrogens is 324 g/mol. The van der Waals surface area contributed by atoms with E-state index in [9.17, 15) is 14.4 Å². The van der Waals surface area contributed by atoms with Crippen molar-refractivity contribution in [2.45, 2.75) is 0 Å². The number of likely N-dealkylation sites (N-methyl/N-ethyl adjacent to an activating group) is 1. The Bertz CT molecular complexity index is 579. The molecule has 0 aliphatic carbocycles. The zero-order valence-corrected chi connectivity index (χ0v) is 13.5. The van der Waals surface area contributed by atoms with Crippen molar-refractivity contribution in [3.05, 3.63) is 24.3 Å². The molecule has 4 amide bonds. The fourth-order valence-corrected chi connectivity index (χ4v) is 1.98. The van der Waals surface area contributed by atoms with Gasteiger partial charge in [-0.1, -0.05) is 0 Å². The summed E-state index contributed by atoms with van der Waals surface area (Å²) in [6.07, 6.45) is 0. The third-order valence-electron chi connectivity index (χ3n) is 3.06. The van der Waals surface area contributed by atoms with Crippen molar-refractivity contribution < 1.29 is 19.1 Å². The number of carbonyl (C=O) groups excluding carboxylic acids is 3. The summed E-state index contributed by atoms with van der Waals surface area (Å²) in [7, 11) is 1.51. The van der Waals surface area contributed by atoms with E-state index in [1.165, 1.54) is 11.9 Å². The van der Waals surface area contributed by atoms with Crippen LogP contribution in [-0.2, 0) is 9.59 Å². The molecule has 0 radical (unpaired) electrons. The van der Waals surface area contributed by atoms with Gasteiger partial charge in [0.25, 0.3) is 5.91 Å². The lowest BCUT2D eigenvalue weighted by atomic mass is 10.3. The van der Waals surface area contributed by atoms with E-state index in [-0.39, 0.29) is 31.4 Å².